The molecule has 9 nitrogen and oxygen atoms in total. The molecule has 0 saturated carbocycles. The van der Waals surface area contributed by atoms with Crippen LogP contribution in [-0.2, 0) is 9.57 Å². The summed E-state index contributed by atoms with van der Waals surface area (Å²) in [6.07, 6.45) is 3.23. The number of carbonyl (C=O) groups is 2. The standard InChI is InChI=1S/C17H20ClN5O4/c1-6-9-20-15(24)27-23(16(25)26-17(3,4)5)10-7-8-12-11(2)21-14(19)22-13(12)18/h1H,9-10H2,2-5H3,(H,20,24)(H2,19,21,22). The van der Waals surface area contributed by atoms with E-state index in [1.807, 2.05) is 0 Å². The summed E-state index contributed by atoms with van der Waals surface area (Å²) in [4.78, 5) is 36.6. The second-order valence-corrected chi connectivity index (χ2v) is 6.45. The van der Waals surface area contributed by atoms with Gasteiger partial charge >= 0.3 is 12.2 Å². The number of nitrogen functional groups attached to an aromatic ring is 1. The average molecular weight is 394 g/mol. The Kier molecular flexibility index (Phi) is 7.70. The van der Waals surface area contributed by atoms with Gasteiger partial charge in [0.15, 0.2) is 5.15 Å². The zero-order valence-electron chi connectivity index (χ0n) is 15.4. The molecule has 2 amide bonds. The van der Waals surface area contributed by atoms with Crippen LogP contribution >= 0.6 is 11.6 Å². The van der Waals surface area contributed by atoms with E-state index >= 15 is 0 Å². The van der Waals surface area contributed by atoms with Gasteiger partial charge in [0.2, 0.25) is 5.95 Å². The van der Waals surface area contributed by atoms with E-state index in [4.69, 9.17) is 33.3 Å². The Morgan fingerprint density at radius 1 is 1.37 bits per heavy atom. The van der Waals surface area contributed by atoms with Crippen molar-refractivity contribution in [3.63, 3.8) is 0 Å². The number of hydrogen-bond donors (Lipinski definition) is 2. The fourth-order valence-corrected chi connectivity index (χ4v) is 1.87. The monoisotopic (exact) mass is 393 g/mol. The number of hydroxylamine groups is 2. The molecule has 1 rings (SSSR count). The number of nitrogens with two attached hydrogens (primary N) is 1. The predicted octanol–water partition coefficient (Wildman–Crippen LogP) is 1.88. The van der Waals surface area contributed by atoms with Crippen LogP contribution in [0.4, 0.5) is 15.5 Å². The number of rotatable bonds is 2. The SMILES string of the molecule is C#CCNC(=O)ON(CC#Cc1c(C)nc(N)nc1Cl)C(=O)OC(C)(C)C. The van der Waals surface area contributed by atoms with E-state index in [0.29, 0.717) is 16.3 Å². The van der Waals surface area contributed by atoms with Crippen molar-refractivity contribution in [1.82, 2.24) is 20.3 Å². The van der Waals surface area contributed by atoms with Gasteiger partial charge in [0.1, 0.15) is 12.1 Å². The first-order chi connectivity index (χ1) is 12.5. The van der Waals surface area contributed by atoms with E-state index < -0.39 is 17.8 Å². The maximum atomic E-state index is 12.2. The van der Waals surface area contributed by atoms with Gasteiger partial charge in [-0.15, -0.1) is 11.5 Å². The lowest BCUT2D eigenvalue weighted by atomic mass is 10.2. The van der Waals surface area contributed by atoms with E-state index in [1.165, 1.54) is 0 Å². The minimum absolute atomic E-state index is 0.0203. The molecule has 1 aromatic heterocycles. The van der Waals surface area contributed by atoms with Gasteiger partial charge in [-0.3, -0.25) is 0 Å². The molecule has 0 aromatic carbocycles. The molecule has 3 N–H and O–H groups in total. The van der Waals surface area contributed by atoms with E-state index in [9.17, 15) is 9.59 Å². The van der Waals surface area contributed by atoms with Gasteiger partial charge in [0.05, 0.1) is 17.8 Å². The van der Waals surface area contributed by atoms with Crippen LogP contribution in [0.1, 0.15) is 32.0 Å². The van der Waals surface area contributed by atoms with Gasteiger partial charge in [-0.25, -0.2) is 14.6 Å². The van der Waals surface area contributed by atoms with Crippen LogP contribution in [0.5, 0.6) is 0 Å². The lowest BCUT2D eigenvalue weighted by Gasteiger charge is -2.24. The first-order valence-electron chi connectivity index (χ1n) is 7.71. The number of halogens is 1. The van der Waals surface area contributed by atoms with Crippen molar-refractivity contribution in [2.75, 3.05) is 18.8 Å². The second-order valence-electron chi connectivity index (χ2n) is 6.09. The van der Waals surface area contributed by atoms with Crippen LogP contribution in [-0.4, -0.2) is 45.9 Å². The molecule has 0 aliphatic heterocycles. The fourth-order valence-electron chi connectivity index (χ4n) is 1.60. The van der Waals surface area contributed by atoms with Crippen LogP contribution in [0.2, 0.25) is 5.15 Å². The number of aryl methyl sites for hydroxylation is 1. The Hall–Kier alpha value is -3.17. The van der Waals surface area contributed by atoms with Crippen molar-refractivity contribution in [1.29, 1.82) is 0 Å². The lowest BCUT2D eigenvalue weighted by molar-refractivity contribution is -0.0923. The topological polar surface area (TPSA) is 120 Å². The first-order valence-corrected chi connectivity index (χ1v) is 8.09. The van der Waals surface area contributed by atoms with Crippen molar-refractivity contribution in [2.45, 2.75) is 33.3 Å². The quantitative estimate of drug-likeness (QED) is 0.447. The van der Waals surface area contributed by atoms with Crippen molar-refractivity contribution in [3.05, 3.63) is 16.4 Å². The average Bonchev–Trinajstić information content (AvgIpc) is 2.52. The number of anilines is 1. The molecule has 0 fully saturated rings. The smallest absolute Gasteiger partial charge is 0.442 e. The molecule has 0 atom stereocenters. The van der Waals surface area contributed by atoms with Crippen LogP contribution in [0, 0.1) is 31.1 Å². The number of nitrogens with one attached hydrogen (secondary N) is 1. The number of amides is 2. The number of terminal acetylenes is 1. The Morgan fingerprint density at radius 3 is 2.59 bits per heavy atom. The summed E-state index contributed by atoms with van der Waals surface area (Å²) in [6.45, 7) is 6.30. The van der Waals surface area contributed by atoms with Gasteiger partial charge in [-0.2, -0.15) is 4.98 Å². The summed E-state index contributed by atoms with van der Waals surface area (Å²) < 4.78 is 5.18. The van der Waals surface area contributed by atoms with E-state index in [-0.39, 0.29) is 24.2 Å². The molecule has 27 heavy (non-hydrogen) atoms. The summed E-state index contributed by atoms with van der Waals surface area (Å²) in [5, 5.41) is 2.99. The van der Waals surface area contributed by atoms with Crippen LogP contribution < -0.4 is 11.1 Å². The summed E-state index contributed by atoms with van der Waals surface area (Å²) in [5.74, 6) is 7.60. The molecule has 0 spiro atoms. The van der Waals surface area contributed by atoms with Crippen LogP contribution in [0.15, 0.2) is 0 Å². The minimum Gasteiger partial charge on any atom is -0.442 e. The molecule has 0 unspecified atom stereocenters. The van der Waals surface area contributed by atoms with Gasteiger partial charge < -0.3 is 20.6 Å². The van der Waals surface area contributed by atoms with E-state index in [1.54, 1.807) is 27.7 Å². The highest BCUT2D eigenvalue weighted by Gasteiger charge is 2.25. The predicted molar refractivity (Wildman–Crippen MR) is 99.3 cm³/mol. The number of nitrogens with zero attached hydrogens (tertiary/aromatic N) is 3. The molecule has 0 aliphatic carbocycles. The summed E-state index contributed by atoms with van der Waals surface area (Å²) in [7, 11) is 0. The van der Waals surface area contributed by atoms with E-state index in [2.05, 4.69) is 33.0 Å². The zero-order chi connectivity index (χ0) is 20.6. The molecule has 0 bridgehead atoms. The zero-order valence-corrected chi connectivity index (χ0v) is 16.2. The fraction of sp³-hybridized carbons (Fsp3) is 0.412. The number of hydrogen-bond acceptors (Lipinski definition) is 7. The van der Waals surface area contributed by atoms with Gasteiger partial charge in [-0.05, 0) is 27.7 Å². The van der Waals surface area contributed by atoms with Crippen molar-refractivity contribution >= 4 is 29.7 Å². The third-order valence-corrected chi connectivity index (χ3v) is 2.90. The molecule has 1 aromatic rings. The highest BCUT2D eigenvalue weighted by molar-refractivity contribution is 6.30. The maximum Gasteiger partial charge on any atom is 0.444 e. The van der Waals surface area contributed by atoms with Crippen LogP contribution in [0.25, 0.3) is 0 Å². The molecular weight excluding hydrogens is 374 g/mol. The van der Waals surface area contributed by atoms with Gasteiger partial charge in [-0.1, -0.05) is 29.4 Å². The van der Waals surface area contributed by atoms with Crippen molar-refractivity contribution in [3.8, 4) is 24.2 Å². The summed E-state index contributed by atoms with van der Waals surface area (Å²) >= 11 is 5.99. The third kappa shape index (κ3) is 7.72. The Bertz CT molecular complexity index is 794. The molecule has 0 saturated heterocycles. The first kappa shape index (κ1) is 21.9. The Labute approximate surface area is 162 Å². The number of ether oxygens (including phenoxy) is 1. The summed E-state index contributed by atoms with van der Waals surface area (Å²) in [5.41, 5.74) is 5.50. The molecule has 0 aliphatic rings. The Balaban J connectivity index is 2.97. The van der Waals surface area contributed by atoms with Gasteiger partial charge in [0.25, 0.3) is 0 Å². The second kappa shape index (κ2) is 9.51. The maximum absolute atomic E-state index is 12.2. The van der Waals surface area contributed by atoms with Gasteiger partial charge in [0, 0.05) is 0 Å². The minimum atomic E-state index is -0.925. The molecule has 10 heteroatoms. The molecule has 0 radical (unpaired) electrons. The van der Waals surface area contributed by atoms with Crippen LogP contribution in [0.3, 0.4) is 0 Å². The highest BCUT2D eigenvalue weighted by Crippen LogP contribution is 2.16. The number of carbonyl (C=O) groups excluding carboxylic acids is 2. The highest BCUT2D eigenvalue weighted by atomic mass is 35.5. The lowest BCUT2D eigenvalue weighted by Crippen LogP contribution is -2.41. The van der Waals surface area contributed by atoms with E-state index in [0.717, 1.165) is 0 Å². The van der Waals surface area contributed by atoms with Crippen molar-refractivity contribution in [2.24, 2.45) is 0 Å². The summed E-state index contributed by atoms with van der Waals surface area (Å²) in [6, 6.07) is 0. The van der Waals surface area contributed by atoms with Crippen molar-refractivity contribution < 1.29 is 19.2 Å². The largest absolute Gasteiger partial charge is 0.444 e. The Morgan fingerprint density at radius 2 is 2.04 bits per heavy atom. The third-order valence-electron chi connectivity index (χ3n) is 2.62. The molecule has 144 valence electrons. The molecular formula is C17H20ClN5O4. The normalized spacial score (nSPS) is 10.1. The molecule has 1 heterocycles. The number of aromatic nitrogens is 2.